The van der Waals surface area contributed by atoms with Crippen molar-refractivity contribution in [1.29, 1.82) is 0 Å². The predicted octanol–water partition coefficient (Wildman–Crippen LogP) is 4.64. The molecule has 4 nitrogen and oxygen atoms in total. The van der Waals surface area contributed by atoms with E-state index in [2.05, 4.69) is 29.2 Å². The van der Waals surface area contributed by atoms with Gasteiger partial charge in [0, 0.05) is 18.3 Å². The number of likely N-dealkylation sites (tertiary alicyclic amines) is 1. The number of H-pyrrole nitrogens is 1. The van der Waals surface area contributed by atoms with Crippen molar-refractivity contribution >= 4 is 17.0 Å². The van der Waals surface area contributed by atoms with Crippen LogP contribution in [0.25, 0.3) is 10.9 Å². The number of ether oxygens (including phenoxy) is 1. The van der Waals surface area contributed by atoms with Crippen molar-refractivity contribution in [2.24, 2.45) is 0 Å². The zero-order valence-electron chi connectivity index (χ0n) is 13.4. The molecule has 122 valence electrons. The van der Waals surface area contributed by atoms with Gasteiger partial charge in [0.15, 0.2) is 0 Å². The number of hydrogen-bond acceptors (Lipinski definition) is 2. The molecule has 1 fully saturated rings. The minimum atomic E-state index is -0.226. The fourth-order valence-corrected chi connectivity index (χ4v) is 3.41. The Balaban J connectivity index is 1.48. The molecule has 0 saturated carbocycles. The first-order valence-corrected chi connectivity index (χ1v) is 8.35. The first kappa shape index (κ1) is 14.8. The van der Waals surface area contributed by atoms with Crippen molar-refractivity contribution < 1.29 is 9.53 Å². The number of hydrogen-bond donors (Lipinski definition) is 1. The summed E-state index contributed by atoms with van der Waals surface area (Å²) in [6, 6.07) is 18.3. The SMILES string of the molecule is O=C(OCc1ccccc1)N1CCCC1c1ccc2[nH]ccc2c1. The maximum atomic E-state index is 12.5. The largest absolute Gasteiger partial charge is 0.445 e. The number of carbonyl (C=O) groups excluding carboxylic acids is 1. The maximum absolute atomic E-state index is 12.5. The lowest BCUT2D eigenvalue weighted by atomic mass is 10.0. The van der Waals surface area contributed by atoms with Gasteiger partial charge < -0.3 is 14.6 Å². The van der Waals surface area contributed by atoms with Crippen LogP contribution in [0.3, 0.4) is 0 Å². The summed E-state index contributed by atoms with van der Waals surface area (Å²) in [6.45, 7) is 1.07. The fourth-order valence-electron chi connectivity index (χ4n) is 3.41. The number of nitrogens with zero attached hydrogens (tertiary/aromatic N) is 1. The van der Waals surface area contributed by atoms with E-state index < -0.39 is 0 Å². The van der Waals surface area contributed by atoms with Gasteiger partial charge in [0.05, 0.1) is 6.04 Å². The van der Waals surface area contributed by atoms with Crippen LogP contribution in [0.5, 0.6) is 0 Å². The summed E-state index contributed by atoms with van der Waals surface area (Å²) in [5, 5.41) is 1.18. The summed E-state index contributed by atoms with van der Waals surface area (Å²) in [7, 11) is 0. The molecule has 1 N–H and O–H groups in total. The quantitative estimate of drug-likeness (QED) is 0.764. The fraction of sp³-hybridized carbons (Fsp3) is 0.250. The van der Waals surface area contributed by atoms with Gasteiger partial charge in [-0.3, -0.25) is 0 Å². The van der Waals surface area contributed by atoms with Crippen molar-refractivity contribution in [3.8, 4) is 0 Å². The van der Waals surface area contributed by atoms with E-state index in [4.69, 9.17) is 4.74 Å². The Labute approximate surface area is 141 Å². The van der Waals surface area contributed by atoms with Gasteiger partial charge in [-0.25, -0.2) is 4.79 Å². The molecule has 1 unspecified atom stereocenters. The number of carbonyl (C=O) groups is 1. The molecule has 24 heavy (non-hydrogen) atoms. The molecular formula is C20H20N2O2. The maximum Gasteiger partial charge on any atom is 0.410 e. The standard InChI is InChI=1S/C20H20N2O2/c23-20(24-14-15-5-2-1-3-6-15)22-12-4-7-19(22)17-8-9-18-16(13-17)10-11-21-18/h1-3,5-6,8-11,13,19,21H,4,7,12,14H2. The molecular weight excluding hydrogens is 300 g/mol. The topological polar surface area (TPSA) is 45.3 Å². The van der Waals surface area contributed by atoms with Gasteiger partial charge in [-0.1, -0.05) is 36.4 Å². The molecule has 2 heterocycles. The lowest BCUT2D eigenvalue weighted by Crippen LogP contribution is -2.31. The normalized spacial score (nSPS) is 17.3. The molecule has 1 aliphatic rings. The average Bonchev–Trinajstić information content (AvgIpc) is 3.28. The Hall–Kier alpha value is -2.75. The molecule has 1 aliphatic heterocycles. The molecule has 0 spiro atoms. The van der Waals surface area contributed by atoms with Gasteiger partial charge in [-0.15, -0.1) is 0 Å². The second kappa shape index (κ2) is 6.40. The zero-order chi connectivity index (χ0) is 16.4. The summed E-state index contributed by atoms with van der Waals surface area (Å²) < 4.78 is 5.52. The third-order valence-electron chi connectivity index (χ3n) is 4.65. The van der Waals surface area contributed by atoms with E-state index in [0.29, 0.717) is 6.61 Å². The highest BCUT2D eigenvalue weighted by atomic mass is 16.6. The van der Waals surface area contributed by atoms with Crippen molar-refractivity contribution in [3.63, 3.8) is 0 Å². The second-order valence-corrected chi connectivity index (χ2v) is 6.22. The minimum Gasteiger partial charge on any atom is -0.445 e. The number of amides is 1. The summed E-state index contributed by atoms with van der Waals surface area (Å²) in [5.74, 6) is 0. The monoisotopic (exact) mass is 320 g/mol. The van der Waals surface area contributed by atoms with Crippen LogP contribution in [0.2, 0.25) is 0 Å². The number of nitrogens with one attached hydrogen (secondary N) is 1. The first-order chi connectivity index (χ1) is 11.8. The third-order valence-corrected chi connectivity index (χ3v) is 4.65. The lowest BCUT2D eigenvalue weighted by molar-refractivity contribution is 0.0921. The molecule has 1 atom stereocenters. The van der Waals surface area contributed by atoms with Crippen LogP contribution in [0.1, 0.15) is 30.0 Å². The van der Waals surface area contributed by atoms with Gasteiger partial charge >= 0.3 is 6.09 Å². The summed E-state index contributed by atoms with van der Waals surface area (Å²) in [4.78, 5) is 17.6. The van der Waals surface area contributed by atoms with Crippen molar-refractivity contribution in [1.82, 2.24) is 9.88 Å². The zero-order valence-corrected chi connectivity index (χ0v) is 13.4. The highest BCUT2D eigenvalue weighted by molar-refractivity contribution is 5.80. The molecule has 2 aromatic carbocycles. The Morgan fingerprint density at radius 1 is 1.17 bits per heavy atom. The second-order valence-electron chi connectivity index (χ2n) is 6.22. The average molecular weight is 320 g/mol. The Kier molecular flexibility index (Phi) is 3.95. The van der Waals surface area contributed by atoms with E-state index in [0.717, 1.165) is 30.5 Å². The van der Waals surface area contributed by atoms with Crippen molar-refractivity contribution in [2.45, 2.75) is 25.5 Å². The Morgan fingerprint density at radius 3 is 2.92 bits per heavy atom. The molecule has 3 aromatic rings. The van der Waals surface area contributed by atoms with Gasteiger partial charge in [0.1, 0.15) is 6.61 Å². The smallest absolute Gasteiger partial charge is 0.410 e. The van der Waals surface area contributed by atoms with Crippen LogP contribution in [-0.4, -0.2) is 22.5 Å². The number of aromatic nitrogens is 1. The Bertz CT molecular complexity index is 841. The molecule has 0 radical (unpaired) electrons. The highest BCUT2D eigenvalue weighted by Gasteiger charge is 2.31. The predicted molar refractivity (Wildman–Crippen MR) is 93.6 cm³/mol. The summed E-state index contributed by atoms with van der Waals surface area (Å²) in [6.07, 6.45) is 3.71. The molecule has 0 bridgehead atoms. The van der Waals surface area contributed by atoms with Gasteiger partial charge in [-0.05, 0) is 47.6 Å². The summed E-state index contributed by atoms with van der Waals surface area (Å²) >= 11 is 0. The van der Waals surface area contributed by atoms with Gasteiger partial charge in [0.25, 0.3) is 0 Å². The van der Waals surface area contributed by atoms with Crippen LogP contribution < -0.4 is 0 Å². The van der Waals surface area contributed by atoms with Crippen LogP contribution in [0.4, 0.5) is 4.79 Å². The van der Waals surface area contributed by atoms with Crippen LogP contribution in [0.15, 0.2) is 60.8 Å². The third kappa shape index (κ3) is 2.87. The molecule has 4 heteroatoms. The van der Waals surface area contributed by atoms with E-state index in [-0.39, 0.29) is 12.1 Å². The Morgan fingerprint density at radius 2 is 2.04 bits per heavy atom. The lowest BCUT2D eigenvalue weighted by Gasteiger charge is -2.24. The van der Waals surface area contributed by atoms with E-state index in [1.807, 2.05) is 41.4 Å². The van der Waals surface area contributed by atoms with E-state index >= 15 is 0 Å². The van der Waals surface area contributed by atoms with Crippen LogP contribution >= 0.6 is 0 Å². The number of benzene rings is 2. The number of rotatable bonds is 3. The van der Waals surface area contributed by atoms with E-state index in [9.17, 15) is 4.79 Å². The number of aromatic amines is 1. The van der Waals surface area contributed by atoms with Crippen LogP contribution in [0, 0.1) is 0 Å². The molecule has 1 aromatic heterocycles. The van der Waals surface area contributed by atoms with Gasteiger partial charge in [-0.2, -0.15) is 0 Å². The minimum absolute atomic E-state index is 0.104. The molecule has 4 rings (SSSR count). The van der Waals surface area contributed by atoms with E-state index in [1.165, 1.54) is 10.9 Å². The van der Waals surface area contributed by atoms with Crippen LogP contribution in [-0.2, 0) is 11.3 Å². The highest BCUT2D eigenvalue weighted by Crippen LogP contribution is 2.33. The van der Waals surface area contributed by atoms with Gasteiger partial charge in [0.2, 0.25) is 0 Å². The van der Waals surface area contributed by atoms with Crippen molar-refractivity contribution in [2.75, 3.05) is 6.54 Å². The van der Waals surface area contributed by atoms with E-state index in [1.54, 1.807) is 0 Å². The first-order valence-electron chi connectivity index (χ1n) is 8.35. The molecule has 0 aliphatic carbocycles. The summed E-state index contributed by atoms with van der Waals surface area (Å²) in [5.41, 5.74) is 3.31. The molecule has 1 amide bonds. The molecule has 1 saturated heterocycles. The van der Waals surface area contributed by atoms with Crippen molar-refractivity contribution in [3.05, 3.63) is 71.9 Å². The number of fused-ring (bicyclic) bond motifs is 1.